The number of nitrogens with zero attached hydrogens (tertiary/aromatic N) is 1. The SMILES string of the molecule is Cc1cc(Cl)c(O)c(-c2cc(C(=O)O)[nH]n2)c1C. The van der Waals surface area contributed by atoms with Crippen LogP contribution in [0.5, 0.6) is 5.75 Å². The topological polar surface area (TPSA) is 86.2 Å². The minimum atomic E-state index is -1.11. The van der Waals surface area contributed by atoms with Crippen molar-refractivity contribution in [2.45, 2.75) is 13.8 Å². The molecule has 0 saturated heterocycles. The maximum absolute atomic E-state index is 10.8. The number of phenolic OH excluding ortho intramolecular Hbond substituents is 1. The zero-order valence-corrected chi connectivity index (χ0v) is 10.5. The van der Waals surface area contributed by atoms with Crippen molar-refractivity contribution < 1.29 is 15.0 Å². The van der Waals surface area contributed by atoms with Gasteiger partial charge in [0.15, 0.2) is 0 Å². The summed E-state index contributed by atoms with van der Waals surface area (Å²) in [4.78, 5) is 10.8. The van der Waals surface area contributed by atoms with Gasteiger partial charge in [-0.25, -0.2) is 4.79 Å². The number of hydrogen-bond donors (Lipinski definition) is 3. The van der Waals surface area contributed by atoms with E-state index < -0.39 is 5.97 Å². The number of aromatic nitrogens is 2. The third-order valence-corrected chi connectivity index (χ3v) is 3.13. The number of benzene rings is 1. The molecule has 0 fully saturated rings. The van der Waals surface area contributed by atoms with E-state index in [2.05, 4.69) is 10.2 Å². The van der Waals surface area contributed by atoms with Gasteiger partial charge >= 0.3 is 5.97 Å². The second-order valence-electron chi connectivity index (χ2n) is 4.00. The van der Waals surface area contributed by atoms with E-state index in [0.29, 0.717) is 11.3 Å². The number of rotatable bonds is 2. The number of carbonyl (C=O) groups is 1. The zero-order valence-electron chi connectivity index (χ0n) is 9.78. The molecule has 1 aromatic carbocycles. The highest BCUT2D eigenvalue weighted by Crippen LogP contribution is 2.38. The molecule has 0 aliphatic carbocycles. The molecule has 0 aliphatic heterocycles. The molecule has 0 amide bonds. The number of phenols is 1. The second kappa shape index (κ2) is 4.34. The summed E-state index contributed by atoms with van der Waals surface area (Å²) in [5, 5.41) is 25.3. The Labute approximate surface area is 108 Å². The largest absolute Gasteiger partial charge is 0.506 e. The van der Waals surface area contributed by atoms with Gasteiger partial charge in [-0.3, -0.25) is 5.10 Å². The van der Waals surface area contributed by atoms with Crippen molar-refractivity contribution in [2.24, 2.45) is 0 Å². The summed E-state index contributed by atoms with van der Waals surface area (Å²) in [7, 11) is 0. The molecule has 1 aromatic heterocycles. The van der Waals surface area contributed by atoms with Crippen LogP contribution in [-0.2, 0) is 0 Å². The van der Waals surface area contributed by atoms with Gasteiger partial charge in [-0.15, -0.1) is 0 Å². The van der Waals surface area contributed by atoms with E-state index in [1.54, 1.807) is 6.07 Å². The van der Waals surface area contributed by atoms with Gasteiger partial charge in [-0.1, -0.05) is 11.6 Å². The van der Waals surface area contributed by atoms with Crippen molar-refractivity contribution in [3.8, 4) is 17.0 Å². The van der Waals surface area contributed by atoms with E-state index >= 15 is 0 Å². The van der Waals surface area contributed by atoms with Crippen LogP contribution in [0.2, 0.25) is 5.02 Å². The molecule has 0 unspecified atom stereocenters. The molecular weight excluding hydrogens is 256 g/mol. The number of H-pyrrole nitrogens is 1. The summed E-state index contributed by atoms with van der Waals surface area (Å²) in [5.41, 5.74) is 2.46. The molecule has 0 radical (unpaired) electrons. The molecule has 0 bridgehead atoms. The fourth-order valence-electron chi connectivity index (χ4n) is 1.73. The van der Waals surface area contributed by atoms with Gasteiger partial charge in [-0.2, -0.15) is 5.10 Å². The highest BCUT2D eigenvalue weighted by molar-refractivity contribution is 6.32. The standard InChI is InChI=1S/C12H11ClN2O3/c1-5-3-7(13)11(16)10(6(5)2)8-4-9(12(17)18)15-14-8/h3-4,16H,1-2H3,(H,14,15)(H,17,18). The number of carboxylic acid groups (broad SMARTS) is 1. The Kier molecular flexibility index (Phi) is 3.00. The highest BCUT2D eigenvalue weighted by atomic mass is 35.5. The summed E-state index contributed by atoms with van der Waals surface area (Å²) in [6.45, 7) is 3.67. The molecule has 3 N–H and O–H groups in total. The Morgan fingerprint density at radius 3 is 2.61 bits per heavy atom. The summed E-state index contributed by atoms with van der Waals surface area (Å²) >= 11 is 5.91. The molecular formula is C12H11ClN2O3. The smallest absolute Gasteiger partial charge is 0.353 e. The van der Waals surface area contributed by atoms with Gasteiger partial charge in [0.05, 0.1) is 10.7 Å². The van der Waals surface area contributed by atoms with Crippen molar-refractivity contribution in [3.63, 3.8) is 0 Å². The monoisotopic (exact) mass is 266 g/mol. The maximum atomic E-state index is 10.8. The lowest BCUT2D eigenvalue weighted by molar-refractivity contribution is 0.0690. The number of halogens is 1. The van der Waals surface area contributed by atoms with Crippen LogP contribution in [0.4, 0.5) is 0 Å². The average molecular weight is 267 g/mol. The van der Waals surface area contributed by atoms with Crippen LogP contribution in [0.3, 0.4) is 0 Å². The first-order valence-corrected chi connectivity index (χ1v) is 5.57. The summed E-state index contributed by atoms with van der Waals surface area (Å²) in [6.07, 6.45) is 0. The zero-order chi connectivity index (χ0) is 13.4. The molecule has 0 spiro atoms. The predicted octanol–water partition coefficient (Wildman–Crippen LogP) is 2.75. The predicted molar refractivity (Wildman–Crippen MR) is 67.1 cm³/mol. The molecule has 2 aromatic rings. The van der Waals surface area contributed by atoms with Gasteiger partial charge in [0.25, 0.3) is 0 Å². The highest BCUT2D eigenvalue weighted by Gasteiger charge is 2.17. The minimum Gasteiger partial charge on any atom is -0.506 e. The van der Waals surface area contributed by atoms with Crippen LogP contribution in [0.15, 0.2) is 12.1 Å². The van der Waals surface area contributed by atoms with Gasteiger partial charge in [0, 0.05) is 5.56 Å². The van der Waals surface area contributed by atoms with Crippen LogP contribution in [-0.4, -0.2) is 26.4 Å². The molecule has 1 heterocycles. The summed E-state index contributed by atoms with van der Waals surface area (Å²) in [5.74, 6) is -1.20. The molecule has 2 rings (SSSR count). The van der Waals surface area contributed by atoms with E-state index in [1.165, 1.54) is 6.07 Å². The molecule has 0 atom stereocenters. The first kappa shape index (κ1) is 12.4. The molecule has 94 valence electrons. The van der Waals surface area contributed by atoms with Gasteiger partial charge in [-0.05, 0) is 37.1 Å². The molecule has 0 saturated carbocycles. The van der Waals surface area contributed by atoms with Crippen molar-refractivity contribution >= 4 is 17.6 Å². The number of aromatic carboxylic acids is 1. The van der Waals surface area contributed by atoms with Crippen LogP contribution in [0.1, 0.15) is 21.6 Å². The van der Waals surface area contributed by atoms with Crippen molar-refractivity contribution in [1.29, 1.82) is 0 Å². The van der Waals surface area contributed by atoms with E-state index in [9.17, 15) is 9.90 Å². The minimum absolute atomic E-state index is 0.0403. The van der Waals surface area contributed by atoms with E-state index in [1.807, 2.05) is 13.8 Å². The first-order chi connectivity index (χ1) is 8.41. The molecule has 0 aliphatic rings. The van der Waals surface area contributed by atoms with Crippen LogP contribution < -0.4 is 0 Å². The first-order valence-electron chi connectivity index (χ1n) is 5.19. The number of nitrogens with one attached hydrogen (secondary N) is 1. The Bertz CT molecular complexity index is 608. The fourth-order valence-corrected chi connectivity index (χ4v) is 1.99. The number of carboxylic acids is 1. The third-order valence-electron chi connectivity index (χ3n) is 2.84. The second-order valence-corrected chi connectivity index (χ2v) is 4.40. The molecule has 6 heteroatoms. The lowest BCUT2D eigenvalue weighted by atomic mass is 9.99. The van der Waals surface area contributed by atoms with Crippen molar-refractivity contribution in [3.05, 3.63) is 34.0 Å². The maximum Gasteiger partial charge on any atom is 0.353 e. The van der Waals surface area contributed by atoms with E-state index in [-0.39, 0.29) is 16.5 Å². The Morgan fingerprint density at radius 1 is 1.39 bits per heavy atom. The molecule has 5 nitrogen and oxygen atoms in total. The number of aromatic amines is 1. The summed E-state index contributed by atoms with van der Waals surface area (Å²) < 4.78 is 0. The van der Waals surface area contributed by atoms with Gasteiger partial charge in [0.1, 0.15) is 11.4 Å². The van der Waals surface area contributed by atoms with Crippen LogP contribution >= 0.6 is 11.6 Å². The van der Waals surface area contributed by atoms with Gasteiger partial charge < -0.3 is 10.2 Å². The Hall–Kier alpha value is -2.01. The van der Waals surface area contributed by atoms with Crippen LogP contribution in [0.25, 0.3) is 11.3 Å². The van der Waals surface area contributed by atoms with Crippen molar-refractivity contribution in [1.82, 2.24) is 10.2 Å². The normalized spacial score (nSPS) is 10.6. The fraction of sp³-hybridized carbons (Fsp3) is 0.167. The van der Waals surface area contributed by atoms with E-state index in [0.717, 1.165) is 11.1 Å². The average Bonchev–Trinajstić information content (AvgIpc) is 2.76. The third kappa shape index (κ3) is 1.93. The lowest BCUT2D eigenvalue weighted by Crippen LogP contribution is -1.95. The Morgan fingerprint density at radius 2 is 2.06 bits per heavy atom. The number of aromatic hydroxyl groups is 1. The summed E-state index contributed by atoms with van der Waals surface area (Å²) in [6, 6.07) is 3.01. The van der Waals surface area contributed by atoms with Crippen molar-refractivity contribution in [2.75, 3.05) is 0 Å². The lowest BCUT2D eigenvalue weighted by Gasteiger charge is -2.10. The number of hydrogen-bond acceptors (Lipinski definition) is 3. The quantitative estimate of drug-likeness (QED) is 0.780. The number of aryl methyl sites for hydroxylation is 1. The van der Waals surface area contributed by atoms with Crippen LogP contribution in [0, 0.1) is 13.8 Å². The molecule has 18 heavy (non-hydrogen) atoms. The van der Waals surface area contributed by atoms with Gasteiger partial charge in [0.2, 0.25) is 0 Å². The Balaban J connectivity index is 2.66. The van der Waals surface area contributed by atoms with E-state index in [4.69, 9.17) is 16.7 Å².